The van der Waals surface area contributed by atoms with Gasteiger partial charge in [-0.05, 0) is 50.1 Å². The summed E-state index contributed by atoms with van der Waals surface area (Å²) in [5.74, 6) is 0.763. The Balaban J connectivity index is 1.82. The second kappa shape index (κ2) is 8.37. The summed E-state index contributed by atoms with van der Waals surface area (Å²) in [5, 5.41) is 5.54. The number of carbonyl (C=O) groups excluding carboxylic acids is 2. The molecule has 0 unspecified atom stereocenters. The Labute approximate surface area is 147 Å². The minimum atomic E-state index is -1.17. The Bertz CT molecular complexity index is 708. The Kier molecular flexibility index (Phi) is 6.22. The lowest BCUT2D eigenvalue weighted by molar-refractivity contribution is -0.141. The van der Waals surface area contributed by atoms with E-state index >= 15 is 0 Å². The van der Waals surface area contributed by atoms with E-state index in [2.05, 4.69) is 10.6 Å². The van der Waals surface area contributed by atoms with Gasteiger partial charge in [0, 0.05) is 6.54 Å². The fraction of sp³-hybridized carbons (Fsp3) is 0.368. The summed E-state index contributed by atoms with van der Waals surface area (Å²) in [4.78, 5) is 24.6. The quantitative estimate of drug-likeness (QED) is 0.720. The molecule has 1 aromatic carbocycles. The number of methoxy groups -OCH3 is 1. The second-order valence-electron chi connectivity index (χ2n) is 6.24. The van der Waals surface area contributed by atoms with Gasteiger partial charge >= 0.3 is 0 Å². The molecule has 0 bridgehead atoms. The molecule has 6 nitrogen and oxygen atoms in total. The first-order valence-electron chi connectivity index (χ1n) is 8.15. The van der Waals surface area contributed by atoms with Crippen LogP contribution in [0.5, 0.6) is 5.75 Å². The second-order valence-corrected chi connectivity index (χ2v) is 6.24. The number of ether oxygens (including phenoxy) is 1. The van der Waals surface area contributed by atoms with Gasteiger partial charge in [-0.25, -0.2) is 0 Å². The first kappa shape index (κ1) is 18.6. The van der Waals surface area contributed by atoms with Gasteiger partial charge in [0.15, 0.2) is 0 Å². The molecule has 0 aliphatic carbocycles. The van der Waals surface area contributed by atoms with Crippen LogP contribution in [0.2, 0.25) is 0 Å². The first-order valence-corrected chi connectivity index (χ1v) is 8.15. The molecule has 1 heterocycles. The van der Waals surface area contributed by atoms with Crippen LogP contribution in [0.3, 0.4) is 0 Å². The molecule has 134 valence electrons. The summed E-state index contributed by atoms with van der Waals surface area (Å²) in [6, 6.07) is 11.2. The van der Waals surface area contributed by atoms with E-state index in [1.54, 1.807) is 33.1 Å². The van der Waals surface area contributed by atoms with E-state index in [-0.39, 0.29) is 18.4 Å². The Morgan fingerprint density at radius 3 is 2.56 bits per heavy atom. The number of furan rings is 1. The van der Waals surface area contributed by atoms with E-state index in [1.807, 2.05) is 24.3 Å². The van der Waals surface area contributed by atoms with Crippen molar-refractivity contribution in [3.8, 4) is 5.75 Å². The van der Waals surface area contributed by atoms with Crippen molar-refractivity contribution in [1.82, 2.24) is 10.6 Å². The summed E-state index contributed by atoms with van der Waals surface area (Å²) in [6.45, 7) is 3.91. The van der Waals surface area contributed by atoms with E-state index in [1.165, 1.54) is 6.26 Å². The maximum atomic E-state index is 12.4. The van der Waals surface area contributed by atoms with Gasteiger partial charge in [0.2, 0.25) is 11.8 Å². The van der Waals surface area contributed by atoms with Crippen molar-refractivity contribution in [2.24, 2.45) is 5.41 Å². The highest BCUT2D eigenvalue weighted by atomic mass is 16.5. The van der Waals surface area contributed by atoms with Crippen molar-refractivity contribution in [3.05, 3.63) is 54.0 Å². The van der Waals surface area contributed by atoms with Crippen LogP contribution in [0.15, 0.2) is 47.1 Å². The molecular formula is C19H24N2O4. The standard InChI is InChI=1S/C19H24N2O4/c1-19(2,18(23)21-13-16-8-5-11-25-16)17(22)20-10-9-14-6-4-7-15(12-14)24-3/h4-8,11-12H,9-10,13H2,1-3H3,(H,20,22)(H,21,23). The molecule has 0 fully saturated rings. The van der Waals surface area contributed by atoms with Gasteiger partial charge in [-0.3, -0.25) is 9.59 Å². The maximum absolute atomic E-state index is 12.4. The number of nitrogens with one attached hydrogen (secondary N) is 2. The third-order valence-electron chi connectivity index (χ3n) is 3.97. The lowest BCUT2D eigenvalue weighted by atomic mass is 9.91. The molecule has 0 saturated carbocycles. The molecule has 1 aromatic heterocycles. The van der Waals surface area contributed by atoms with Crippen LogP contribution in [0.4, 0.5) is 0 Å². The zero-order chi connectivity index (χ0) is 18.3. The highest BCUT2D eigenvalue weighted by molar-refractivity contribution is 6.04. The summed E-state index contributed by atoms with van der Waals surface area (Å²) in [5.41, 5.74) is -0.110. The average Bonchev–Trinajstić information content (AvgIpc) is 3.13. The van der Waals surface area contributed by atoms with Crippen molar-refractivity contribution in [2.45, 2.75) is 26.8 Å². The van der Waals surface area contributed by atoms with E-state index < -0.39 is 5.41 Å². The van der Waals surface area contributed by atoms with E-state index in [0.717, 1.165) is 11.3 Å². The molecule has 0 aliphatic heterocycles. The lowest BCUT2D eigenvalue weighted by Crippen LogP contribution is -2.48. The van der Waals surface area contributed by atoms with Crippen LogP contribution >= 0.6 is 0 Å². The average molecular weight is 344 g/mol. The van der Waals surface area contributed by atoms with Gasteiger partial charge in [0.05, 0.1) is 19.9 Å². The van der Waals surface area contributed by atoms with Gasteiger partial charge in [0.25, 0.3) is 0 Å². The van der Waals surface area contributed by atoms with Crippen molar-refractivity contribution in [2.75, 3.05) is 13.7 Å². The van der Waals surface area contributed by atoms with Crippen molar-refractivity contribution in [3.63, 3.8) is 0 Å². The molecule has 2 aromatic rings. The predicted molar refractivity (Wildman–Crippen MR) is 94.0 cm³/mol. The number of benzene rings is 1. The first-order chi connectivity index (χ1) is 11.9. The molecular weight excluding hydrogens is 320 g/mol. The van der Waals surface area contributed by atoms with Gasteiger partial charge in [-0.2, -0.15) is 0 Å². The van der Waals surface area contributed by atoms with E-state index in [4.69, 9.17) is 9.15 Å². The molecule has 0 saturated heterocycles. The van der Waals surface area contributed by atoms with Crippen LogP contribution in [0.25, 0.3) is 0 Å². The van der Waals surface area contributed by atoms with Gasteiger partial charge < -0.3 is 19.8 Å². The summed E-state index contributed by atoms with van der Waals surface area (Å²) in [7, 11) is 1.62. The Hall–Kier alpha value is -2.76. The molecule has 0 atom stereocenters. The number of amides is 2. The van der Waals surface area contributed by atoms with E-state index in [9.17, 15) is 9.59 Å². The molecule has 2 rings (SSSR count). The fourth-order valence-corrected chi connectivity index (χ4v) is 2.27. The number of rotatable bonds is 8. The normalized spacial score (nSPS) is 11.0. The minimum absolute atomic E-state index is 0.256. The zero-order valence-corrected chi connectivity index (χ0v) is 14.8. The molecule has 25 heavy (non-hydrogen) atoms. The van der Waals surface area contributed by atoms with Crippen LogP contribution in [-0.4, -0.2) is 25.5 Å². The SMILES string of the molecule is COc1cccc(CCNC(=O)C(C)(C)C(=O)NCc2ccco2)c1. The number of carbonyl (C=O) groups is 2. The smallest absolute Gasteiger partial charge is 0.235 e. The molecule has 0 spiro atoms. The minimum Gasteiger partial charge on any atom is -0.497 e. The van der Waals surface area contributed by atoms with Crippen LogP contribution in [0.1, 0.15) is 25.2 Å². The highest BCUT2D eigenvalue weighted by Gasteiger charge is 2.35. The van der Waals surface area contributed by atoms with Crippen LogP contribution < -0.4 is 15.4 Å². The number of hydrogen-bond acceptors (Lipinski definition) is 4. The summed E-state index contributed by atoms with van der Waals surface area (Å²) >= 11 is 0. The third kappa shape index (κ3) is 5.11. The molecule has 6 heteroatoms. The molecule has 0 radical (unpaired) electrons. The van der Waals surface area contributed by atoms with Crippen LogP contribution in [-0.2, 0) is 22.6 Å². The lowest BCUT2D eigenvalue weighted by Gasteiger charge is -2.22. The largest absolute Gasteiger partial charge is 0.497 e. The fourth-order valence-electron chi connectivity index (χ4n) is 2.27. The van der Waals surface area contributed by atoms with Crippen molar-refractivity contribution in [1.29, 1.82) is 0 Å². The van der Waals surface area contributed by atoms with E-state index in [0.29, 0.717) is 18.7 Å². The van der Waals surface area contributed by atoms with Gasteiger partial charge in [-0.1, -0.05) is 12.1 Å². The van der Waals surface area contributed by atoms with Crippen LogP contribution in [0, 0.1) is 5.41 Å². The summed E-state index contributed by atoms with van der Waals surface area (Å²) in [6.07, 6.45) is 2.20. The maximum Gasteiger partial charge on any atom is 0.235 e. The Morgan fingerprint density at radius 1 is 1.12 bits per heavy atom. The highest BCUT2D eigenvalue weighted by Crippen LogP contribution is 2.16. The number of hydrogen-bond donors (Lipinski definition) is 2. The van der Waals surface area contributed by atoms with Crippen molar-refractivity contribution < 1.29 is 18.7 Å². The van der Waals surface area contributed by atoms with Gasteiger partial charge in [0.1, 0.15) is 16.9 Å². The molecule has 2 N–H and O–H groups in total. The molecule has 2 amide bonds. The topological polar surface area (TPSA) is 80.6 Å². The monoisotopic (exact) mass is 344 g/mol. The van der Waals surface area contributed by atoms with Gasteiger partial charge in [-0.15, -0.1) is 0 Å². The Morgan fingerprint density at radius 2 is 1.88 bits per heavy atom. The molecule has 0 aliphatic rings. The van der Waals surface area contributed by atoms with Crippen molar-refractivity contribution >= 4 is 11.8 Å². The third-order valence-corrected chi connectivity index (χ3v) is 3.97. The zero-order valence-electron chi connectivity index (χ0n) is 14.8. The summed E-state index contributed by atoms with van der Waals surface area (Å²) < 4.78 is 10.3. The predicted octanol–water partition coefficient (Wildman–Crippen LogP) is 2.29.